The Morgan fingerprint density at radius 1 is 1.16 bits per heavy atom. The molecule has 3 aromatic carbocycles. The Kier molecular flexibility index (Phi) is 8.44. The van der Waals surface area contributed by atoms with Crippen LogP contribution in [0.3, 0.4) is 0 Å². The number of amides is 1. The van der Waals surface area contributed by atoms with Crippen LogP contribution in [0.2, 0.25) is 0 Å². The minimum atomic E-state index is -0.353. The fourth-order valence-electron chi connectivity index (χ4n) is 2.59. The highest BCUT2D eigenvalue weighted by molar-refractivity contribution is 14.1. The second kappa shape index (κ2) is 11.1. The molecular weight excluding hydrogens is 646 g/mol. The van der Waals surface area contributed by atoms with Crippen LogP contribution in [-0.4, -0.2) is 19.2 Å². The summed E-state index contributed by atoms with van der Waals surface area (Å²) in [4.78, 5) is 12.3. The highest BCUT2D eigenvalue weighted by atomic mass is 127. The van der Waals surface area contributed by atoms with Crippen LogP contribution in [0.15, 0.2) is 68.6 Å². The maximum Gasteiger partial charge on any atom is 0.271 e. The largest absolute Gasteiger partial charge is 0.496 e. The number of ether oxygens (including phenoxy) is 2. The van der Waals surface area contributed by atoms with Crippen LogP contribution in [0.4, 0.5) is 4.39 Å². The number of hydrogen-bond acceptors (Lipinski definition) is 4. The lowest BCUT2D eigenvalue weighted by Crippen LogP contribution is -2.17. The number of carbonyl (C=O) groups excluding carboxylic acids is 1. The molecule has 3 aromatic rings. The van der Waals surface area contributed by atoms with E-state index in [0.29, 0.717) is 31.6 Å². The third-order valence-electron chi connectivity index (χ3n) is 4.14. The Balaban J connectivity index is 1.66. The minimum absolute atomic E-state index is 0.0901. The van der Waals surface area contributed by atoms with E-state index in [2.05, 4.69) is 65.0 Å². The number of nitrogens with zero attached hydrogens (tertiary/aromatic N) is 1. The van der Waals surface area contributed by atoms with Crippen molar-refractivity contribution in [1.82, 2.24) is 5.43 Å². The molecule has 3 rings (SSSR count). The molecule has 0 fully saturated rings. The first-order chi connectivity index (χ1) is 14.9. The quantitative estimate of drug-likeness (QED) is 0.184. The number of hydrazone groups is 1. The van der Waals surface area contributed by atoms with Crippen LogP contribution in [-0.2, 0) is 6.61 Å². The van der Waals surface area contributed by atoms with Crippen molar-refractivity contribution in [3.8, 4) is 11.5 Å². The van der Waals surface area contributed by atoms with Crippen molar-refractivity contribution in [3.05, 3.63) is 89.6 Å². The molecule has 0 aliphatic rings. The van der Waals surface area contributed by atoms with E-state index in [4.69, 9.17) is 9.47 Å². The van der Waals surface area contributed by atoms with Crippen molar-refractivity contribution >= 4 is 66.6 Å². The van der Waals surface area contributed by atoms with Gasteiger partial charge in [-0.1, -0.05) is 18.2 Å². The molecule has 0 aliphatic carbocycles. The van der Waals surface area contributed by atoms with Crippen molar-refractivity contribution in [2.75, 3.05) is 7.11 Å². The molecule has 0 bridgehead atoms. The van der Waals surface area contributed by atoms with Crippen molar-refractivity contribution in [1.29, 1.82) is 0 Å². The Labute approximate surface area is 209 Å². The lowest BCUT2D eigenvalue weighted by atomic mass is 10.2. The minimum Gasteiger partial charge on any atom is -0.496 e. The van der Waals surface area contributed by atoms with Gasteiger partial charge in [0.25, 0.3) is 5.91 Å². The molecular formula is C22H16Br2FIN2O3. The summed E-state index contributed by atoms with van der Waals surface area (Å²) in [6.45, 7) is 0.0901. The lowest BCUT2D eigenvalue weighted by molar-refractivity contribution is 0.0954. The van der Waals surface area contributed by atoms with E-state index in [9.17, 15) is 9.18 Å². The number of nitrogens with one attached hydrogen (secondary N) is 1. The van der Waals surface area contributed by atoms with Crippen LogP contribution >= 0.6 is 54.5 Å². The Morgan fingerprint density at radius 2 is 1.87 bits per heavy atom. The summed E-state index contributed by atoms with van der Waals surface area (Å²) < 4.78 is 27.0. The molecule has 0 aromatic heterocycles. The van der Waals surface area contributed by atoms with Crippen molar-refractivity contribution in [2.45, 2.75) is 6.61 Å². The summed E-state index contributed by atoms with van der Waals surface area (Å²) >= 11 is 9.05. The van der Waals surface area contributed by atoms with Gasteiger partial charge in [-0.05, 0) is 96.4 Å². The average Bonchev–Trinajstić information content (AvgIpc) is 2.74. The normalized spacial score (nSPS) is 10.9. The predicted octanol–water partition coefficient (Wildman–Crippen LogP) is 6.31. The van der Waals surface area contributed by atoms with Gasteiger partial charge in [-0.3, -0.25) is 4.79 Å². The predicted molar refractivity (Wildman–Crippen MR) is 133 cm³/mol. The van der Waals surface area contributed by atoms with Crippen LogP contribution in [0, 0.1) is 9.39 Å². The Bertz CT molecular complexity index is 1120. The van der Waals surface area contributed by atoms with Gasteiger partial charge in [0.1, 0.15) is 23.9 Å². The number of rotatable bonds is 7. The molecule has 1 N–H and O–H groups in total. The van der Waals surface area contributed by atoms with Crippen molar-refractivity contribution < 1.29 is 18.7 Å². The number of halogens is 4. The van der Waals surface area contributed by atoms with Crippen LogP contribution < -0.4 is 14.9 Å². The van der Waals surface area contributed by atoms with E-state index < -0.39 is 0 Å². The van der Waals surface area contributed by atoms with Gasteiger partial charge in [0.15, 0.2) is 0 Å². The molecule has 0 saturated heterocycles. The van der Waals surface area contributed by atoms with E-state index in [1.54, 1.807) is 55.6 Å². The van der Waals surface area contributed by atoms with Crippen molar-refractivity contribution in [3.63, 3.8) is 0 Å². The van der Waals surface area contributed by atoms with E-state index in [1.165, 1.54) is 12.3 Å². The number of methoxy groups -OCH3 is 1. The number of hydrogen-bond donors (Lipinski definition) is 1. The highest BCUT2D eigenvalue weighted by Gasteiger charge is 2.11. The topological polar surface area (TPSA) is 59.9 Å². The van der Waals surface area contributed by atoms with E-state index in [-0.39, 0.29) is 18.3 Å². The summed E-state index contributed by atoms with van der Waals surface area (Å²) in [6.07, 6.45) is 1.51. The summed E-state index contributed by atoms with van der Waals surface area (Å²) in [7, 11) is 1.55. The molecule has 1 amide bonds. The van der Waals surface area contributed by atoms with Gasteiger partial charge in [-0.2, -0.15) is 5.10 Å². The summed E-state index contributed by atoms with van der Waals surface area (Å²) in [6, 6.07) is 15.2. The first-order valence-corrected chi connectivity index (χ1v) is 11.6. The van der Waals surface area contributed by atoms with Crippen molar-refractivity contribution in [2.24, 2.45) is 5.10 Å². The lowest BCUT2D eigenvalue weighted by Gasteiger charge is -2.12. The summed E-state index contributed by atoms with van der Waals surface area (Å²) in [5, 5.41) is 4.01. The van der Waals surface area contributed by atoms with Crippen LogP contribution in [0.1, 0.15) is 21.5 Å². The summed E-state index contributed by atoms with van der Waals surface area (Å²) in [5.41, 5.74) is 4.11. The SMILES string of the molecule is COc1cc(C(=O)N/N=C\c2cc(Br)c(OCc3ccccc3F)c(Br)c2)ccc1I. The second-order valence-electron chi connectivity index (χ2n) is 6.24. The highest BCUT2D eigenvalue weighted by Crippen LogP contribution is 2.35. The zero-order valence-electron chi connectivity index (χ0n) is 16.2. The van der Waals surface area contributed by atoms with Crippen LogP contribution in [0.5, 0.6) is 11.5 Å². The molecule has 0 heterocycles. The maximum absolute atomic E-state index is 13.8. The third-order valence-corrected chi connectivity index (χ3v) is 6.21. The maximum atomic E-state index is 13.8. The number of carbonyl (C=O) groups is 1. The molecule has 0 spiro atoms. The van der Waals surface area contributed by atoms with Gasteiger partial charge >= 0.3 is 0 Å². The molecule has 0 saturated carbocycles. The fraction of sp³-hybridized carbons (Fsp3) is 0.0909. The first kappa shape index (κ1) is 23.7. The Hall–Kier alpha value is -1.98. The van der Waals surface area contributed by atoms with Gasteiger partial charge in [0, 0.05) is 11.1 Å². The van der Waals surface area contributed by atoms with Gasteiger partial charge < -0.3 is 9.47 Å². The number of benzene rings is 3. The molecule has 5 nitrogen and oxygen atoms in total. The van der Waals surface area contributed by atoms with Gasteiger partial charge in [0.2, 0.25) is 0 Å². The third kappa shape index (κ3) is 6.27. The van der Waals surface area contributed by atoms with E-state index in [1.807, 2.05) is 0 Å². The van der Waals surface area contributed by atoms with Gasteiger partial charge in [0.05, 0.1) is 25.8 Å². The fourth-order valence-corrected chi connectivity index (χ4v) is 4.59. The molecule has 0 radical (unpaired) electrons. The van der Waals surface area contributed by atoms with E-state index >= 15 is 0 Å². The molecule has 0 aliphatic heterocycles. The Morgan fingerprint density at radius 3 is 2.55 bits per heavy atom. The second-order valence-corrected chi connectivity index (χ2v) is 9.11. The molecule has 9 heteroatoms. The van der Waals surface area contributed by atoms with Gasteiger partial charge in [-0.15, -0.1) is 0 Å². The first-order valence-electron chi connectivity index (χ1n) is 8.91. The average molecular weight is 662 g/mol. The van der Waals surface area contributed by atoms with Crippen LogP contribution in [0.25, 0.3) is 0 Å². The molecule has 0 atom stereocenters. The zero-order chi connectivity index (χ0) is 22.4. The smallest absolute Gasteiger partial charge is 0.271 e. The molecule has 0 unspecified atom stereocenters. The van der Waals surface area contributed by atoms with E-state index in [0.717, 1.165) is 9.13 Å². The standard InChI is InChI=1S/C22H16Br2FIN2O3/c1-30-20-10-14(6-7-19(20)26)22(29)28-27-11-13-8-16(23)21(17(24)9-13)31-12-15-4-2-3-5-18(15)25/h2-11H,12H2,1H3,(H,28,29)/b27-11-. The van der Waals surface area contributed by atoms with Gasteiger partial charge in [-0.25, -0.2) is 9.82 Å². The zero-order valence-corrected chi connectivity index (χ0v) is 21.5. The molecule has 160 valence electrons. The molecule has 31 heavy (non-hydrogen) atoms. The summed E-state index contributed by atoms with van der Waals surface area (Å²) in [5.74, 6) is 0.486. The monoisotopic (exact) mass is 660 g/mol.